The van der Waals surface area contributed by atoms with E-state index in [1.165, 1.54) is 0 Å². The summed E-state index contributed by atoms with van der Waals surface area (Å²) in [4.78, 5) is 21.9. The first kappa shape index (κ1) is 13.0. The molecule has 5 heteroatoms. The maximum absolute atomic E-state index is 11.2. The Morgan fingerprint density at radius 3 is 2.31 bits per heavy atom. The Morgan fingerprint density at radius 1 is 1.44 bits per heavy atom. The molecular weight excluding hydrogens is 210 g/mol. The molecule has 1 aliphatic rings. The van der Waals surface area contributed by atoms with Crippen LogP contribution in [0.5, 0.6) is 0 Å². The quantitative estimate of drug-likeness (QED) is 0.629. The van der Waals surface area contributed by atoms with Gasteiger partial charge in [0.1, 0.15) is 5.54 Å². The fourth-order valence-corrected chi connectivity index (χ4v) is 2.02. The van der Waals surface area contributed by atoms with Gasteiger partial charge in [-0.2, -0.15) is 0 Å². The molecule has 3 atom stereocenters. The zero-order chi connectivity index (χ0) is 12.5. The van der Waals surface area contributed by atoms with Crippen LogP contribution < -0.4 is 5.73 Å². The Kier molecular flexibility index (Phi) is 3.57. The van der Waals surface area contributed by atoms with Crippen LogP contribution in [0.1, 0.15) is 33.1 Å². The molecule has 0 aliphatic heterocycles. The minimum Gasteiger partial charge on any atom is -0.481 e. The summed E-state index contributed by atoms with van der Waals surface area (Å²) in [5, 5.41) is 17.9. The van der Waals surface area contributed by atoms with Crippen molar-refractivity contribution < 1.29 is 19.8 Å². The second-order valence-corrected chi connectivity index (χ2v) is 5.06. The molecule has 92 valence electrons. The topological polar surface area (TPSA) is 101 Å². The first-order chi connectivity index (χ1) is 7.29. The van der Waals surface area contributed by atoms with E-state index in [9.17, 15) is 9.59 Å². The number of hydrogen-bond acceptors (Lipinski definition) is 3. The summed E-state index contributed by atoms with van der Waals surface area (Å²) in [5.41, 5.74) is 4.49. The Bertz CT molecular complexity index is 302. The summed E-state index contributed by atoms with van der Waals surface area (Å²) in [5.74, 6) is -2.65. The first-order valence-electron chi connectivity index (χ1n) is 5.54. The highest BCUT2D eigenvalue weighted by Crippen LogP contribution is 2.47. The third-order valence-electron chi connectivity index (χ3n) is 3.30. The van der Waals surface area contributed by atoms with Gasteiger partial charge in [-0.25, -0.2) is 0 Å². The predicted molar refractivity (Wildman–Crippen MR) is 57.9 cm³/mol. The van der Waals surface area contributed by atoms with Gasteiger partial charge < -0.3 is 15.9 Å². The molecule has 4 N–H and O–H groups in total. The van der Waals surface area contributed by atoms with E-state index >= 15 is 0 Å². The molecule has 1 fully saturated rings. The SMILES string of the molecule is CC(C)CC[C@](N)(C(=O)O)C1C[C@@H]1C(=O)O. The average Bonchev–Trinajstić information content (AvgIpc) is 2.93. The van der Waals surface area contributed by atoms with Gasteiger partial charge >= 0.3 is 11.9 Å². The van der Waals surface area contributed by atoms with Gasteiger partial charge in [-0.1, -0.05) is 13.8 Å². The highest BCUT2D eigenvalue weighted by molar-refractivity contribution is 5.83. The fourth-order valence-electron chi connectivity index (χ4n) is 2.02. The van der Waals surface area contributed by atoms with Gasteiger partial charge in [0.25, 0.3) is 0 Å². The molecule has 0 heterocycles. The van der Waals surface area contributed by atoms with E-state index in [0.717, 1.165) is 0 Å². The Hall–Kier alpha value is -1.10. The number of carboxylic acids is 2. The number of rotatable bonds is 6. The van der Waals surface area contributed by atoms with Crippen molar-refractivity contribution in [3.63, 3.8) is 0 Å². The minimum absolute atomic E-state index is 0.342. The van der Waals surface area contributed by atoms with Crippen LogP contribution in [0.15, 0.2) is 0 Å². The third-order valence-corrected chi connectivity index (χ3v) is 3.30. The number of nitrogens with two attached hydrogens (primary N) is 1. The van der Waals surface area contributed by atoms with E-state index in [0.29, 0.717) is 25.2 Å². The predicted octanol–water partition coefficient (Wildman–Crippen LogP) is 0.925. The fraction of sp³-hybridized carbons (Fsp3) is 0.818. The van der Waals surface area contributed by atoms with Gasteiger partial charge in [-0.15, -0.1) is 0 Å². The van der Waals surface area contributed by atoms with Crippen molar-refractivity contribution >= 4 is 11.9 Å². The van der Waals surface area contributed by atoms with Crippen molar-refractivity contribution in [2.75, 3.05) is 0 Å². The van der Waals surface area contributed by atoms with Crippen LogP contribution in [0.4, 0.5) is 0 Å². The van der Waals surface area contributed by atoms with Crippen molar-refractivity contribution in [3.05, 3.63) is 0 Å². The molecule has 0 bridgehead atoms. The van der Waals surface area contributed by atoms with Gasteiger partial charge in [0.2, 0.25) is 0 Å². The summed E-state index contributed by atoms with van der Waals surface area (Å²) in [7, 11) is 0. The molecular formula is C11H19NO4. The van der Waals surface area contributed by atoms with Crippen LogP contribution in [0.25, 0.3) is 0 Å². The highest BCUT2D eigenvalue weighted by atomic mass is 16.4. The van der Waals surface area contributed by atoms with Crippen molar-refractivity contribution in [1.29, 1.82) is 0 Å². The summed E-state index contributed by atoms with van der Waals surface area (Å²) in [6.07, 6.45) is 1.43. The Balaban J connectivity index is 2.67. The van der Waals surface area contributed by atoms with Crippen LogP contribution in [-0.2, 0) is 9.59 Å². The molecule has 0 amide bonds. The van der Waals surface area contributed by atoms with E-state index in [4.69, 9.17) is 15.9 Å². The van der Waals surface area contributed by atoms with E-state index in [-0.39, 0.29) is 0 Å². The highest BCUT2D eigenvalue weighted by Gasteiger charge is 2.57. The van der Waals surface area contributed by atoms with Crippen LogP contribution in [0.2, 0.25) is 0 Å². The lowest BCUT2D eigenvalue weighted by Gasteiger charge is -2.25. The van der Waals surface area contributed by atoms with E-state index in [1.54, 1.807) is 0 Å². The number of carboxylic acid groups (broad SMARTS) is 2. The standard InChI is InChI=1S/C11H19NO4/c1-6(2)3-4-11(12,10(15)16)8-5-7(8)9(13)14/h6-8H,3-5,12H2,1-2H3,(H,13,14)(H,15,16)/t7-,8?,11+/m0/s1. The number of hydrogen-bond donors (Lipinski definition) is 3. The van der Waals surface area contributed by atoms with Gasteiger partial charge in [0.05, 0.1) is 5.92 Å². The van der Waals surface area contributed by atoms with Crippen LogP contribution in [0.3, 0.4) is 0 Å². The lowest BCUT2D eigenvalue weighted by Crippen LogP contribution is -2.51. The minimum atomic E-state index is -1.37. The van der Waals surface area contributed by atoms with Gasteiger partial charge in [-0.05, 0) is 25.2 Å². The Morgan fingerprint density at radius 2 is 2.00 bits per heavy atom. The normalized spacial score (nSPS) is 27.5. The summed E-state index contributed by atoms with van der Waals surface area (Å²) in [6.45, 7) is 3.98. The largest absolute Gasteiger partial charge is 0.481 e. The van der Waals surface area contributed by atoms with Crippen molar-refractivity contribution in [2.45, 2.75) is 38.6 Å². The first-order valence-corrected chi connectivity index (χ1v) is 5.54. The zero-order valence-corrected chi connectivity index (χ0v) is 9.64. The zero-order valence-electron chi connectivity index (χ0n) is 9.64. The lowest BCUT2D eigenvalue weighted by molar-refractivity contribution is -0.145. The van der Waals surface area contributed by atoms with Crippen LogP contribution in [-0.4, -0.2) is 27.7 Å². The molecule has 0 spiro atoms. The summed E-state index contributed by atoms with van der Waals surface area (Å²) < 4.78 is 0. The maximum Gasteiger partial charge on any atom is 0.323 e. The number of aliphatic carboxylic acids is 2. The van der Waals surface area contributed by atoms with Gasteiger partial charge in [-0.3, -0.25) is 9.59 Å². The molecule has 1 aliphatic carbocycles. The van der Waals surface area contributed by atoms with Gasteiger partial charge in [0.15, 0.2) is 0 Å². The van der Waals surface area contributed by atoms with Crippen LogP contribution >= 0.6 is 0 Å². The summed E-state index contributed by atoms with van der Waals surface area (Å²) >= 11 is 0. The molecule has 0 aromatic rings. The molecule has 1 rings (SSSR count). The molecule has 0 saturated heterocycles. The van der Waals surface area contributed by atoms with Gasteiger partial charge in [0, 0.05) is 5.92 Å². The van der Waals surface area contributed by atoms with E-state index < -0.39 is 29.3 Å². The second kappa shape index (κ2) is 4.41. The Labute approximate surface area is 94.6 Å². The number of carbonyl (C=O) groups is 2. The van der Waals surface area contributed by atoms with E-state index in [1.807, 2.05) is 13.8 Å². The third kappa shape index (κ3) is 2.52. The average molecular weight is 229 g/mol. The smallest absolute Gasteiger partial charge is 0.323 e. The molecule has 1 saturated carbocycles. The molecule has 0 radical (unpaired) electrons. The maximum atomic E-state index is 11.2. The molecule has 1 unspecified atom stereocenters. The summed E-state index contributed by atoms with van der Waals surface area (Å²) in [6, 6.07) is 0. The van der Waals surface area contributed by atoms with Crippen molar-refractivity contribution in [3.8, 4) is 0 Å². The molecule has 0 aromatic heterocycles. The lowest BCUT2D eigenvalue weighted by atomic mass is 9.85. The molecule has 0 aromatic carbocycles. The monoisotopic (exact) mass is 229 g/mol. The molecule has 16 heavy (non-hydrogen) atoms. The van der Waals surface area contributed by atoms with Crippen LogP contribution in [0, 0.1) is 17.8 Å². The van der Waals surface area contributed by atoms with E-state index in [2.05, 4.69) is 0 Å². The second-order valence-electron chi connectivity index (χ2n) is 5.06. The molecule has 5 nitrogen and oxygen atoms in total. The van der Waals surface area contributed by atoms with Crippen molar-refractivity contribution in [2.24, 2.45) is 23.5 Å². The van der Waals surface area contributed by atoms with Crippen molar-refractivity contribution in [1.82, 2.24) is 0 Å².